The fraction of sp³-hybridized carbons (Fsp3) is 0.500. The Morgan fingerprint density at radius 1 is 1.36 bits per heavy atom. The van der Waals surface area contributed by atoms with Crippen LogP contribution in [0.25, 0.3) is 0 Å². The summed E-state index contributed by atoms with van der Waals surface area (Å²) in [5, 5.41) is 0. The van der Waals surface area contributed by atoms with Gasteiger partial charge in [-0.05, 0) is 24.0 Å². The Bertz CT molecular complexity index is 322. The third-order valence-corrected chi connectivity index (χ3v) is 2.77. The molecule has 2 N–H and O–H groups in total. The molecule has 1 aliphatic rings. The van der Waals surface area contributed by atoms with Crippen LogP contribution < -0.4 is 10.5 Å². The van der Waals surface area contributed by atoms with Gasteiger partial charge in [-0.3, -0.25) is 0 Å². The monoisotopic (exact) mass is 191 g/mol. The summed E-state index contributed by atoms with van der Waals surface area (Å²) in [5.41, 5.74) is 7.30. The van der Waals surface area contributed by atoms with E-state index < -0.39 is 0 Å². The Morgan fingerprint density at radius 3 is 2.79 bits per heavy atom. The molecule has 0 spiro atoms. The molecule has 0 saturated carbocycles. The molecule has 0 aromatic heterocycles. The van der Waals surface area contributed by atoms with Gasteiger partial charge in [0.25, 0.3) is 0 Å². The minimum absolute atomic E-state index is 0.130. The highest BCUT2D eigenvalue weighted by molar-refractivity contribution is 5.36. The summed E-state index contributed by atoms with van der Waals surface area (Å²) < 4.78 is 5.88. The molecule has 2 heteroatoms. The maximum Gasteiger partial charge on any atom is 0.123 e. The van der Waals surface area contributed by atoms with Crippen LogP contribution in [-0.4, -0.2) is 12.1 Å². The lowest BCUT2D eigenvalue weighted by atomic mass is 9.91. The van der Waals surface area contributed by atoms with Crippen LogP contribution in [0.2, 0.25) is 0 Å². The first kappa shape index (κ1) is 9.53. The molecule has 2 atom stereocenters. The number of para-hydroxylation sites is 1. The van der Waals surface area contributed by atoms with Crippen LogP contribution in [0, 0.1) is 5.92 Å². The predicted molar refractivity (Wildman–Crippen MR) is 57.4 cm³/mol. The van der Waals surface area contributed by atoms with Gasteiger partial charge in [0, 0.05) is 6.04 Å². The average Bonchev–Trinajstić information content (AvgIpc) is 2.16. The quantitative estimate of drug-likeness (QED) is 0.736. The smallest absolute Gasteiger partial charge is 0.123 e. The molecule has 14 heavy (non-hydrogen) atoms. The van der Waals surface area contributed by atoms with Crippen LogP contribution >= 0.6 is 0 Å². The van der Waals surface area contributed by atoms with Gasteiger partial charge in [-0.2, -0.15) is 0 Å². The highest BCUT2D eigenvalue weighted by Gasteiger charge is 2.28. The van der Waals surface area contributed by atoms with Crippen molar-refractivity contribution in [1.29, 1.82) is 0 Å². The molecule has 0 unspecified atom stereocenters. The van der Waals surface area contributed by atoms with Gasteiger partial charge in [-0.15, -0.1) is 0 Å². The highest BCUT2D eigenvalue weighted by atomic mass is 16.5. The van der Waals surface area contributed by atoms with Gasteiger partial charge < -0.3 is 10.5 Å². The van der Waals surface area contributed by atoms with Gasteiger partial charge in [0.1, 0.15) is 11.9 Å². The largest absolute Gasteiger partial charge is 0.488 e. The molecule has 1 aliphatic heterocycles. The summed E-state index contributed by atoms with van der Waals surface area (Å²) in [4.78, 5) is 0. The second-order valence-electron chi connectivity index (χ2n) is 4.30. The molecular formula is C12H17NO. The zero-order valence-electron chi connectivity index (χ0n) is 8.73. The normalized spacial score (nSPS) is 25.7. The van der Waals surface area contributed by atoms with Gasteiger partial charge in [-0.25, -0.2) is 0 Å². The van der Waals surface area contributed by atoms with E-state index >= 15 is 0 Å². The second-order valence-corrected chi connectivity index (χ2v) is 4.30. The predicted octanol–water partition coefficient (Wildman–Crippen LogP) is 1.97. The number of benzene rings is 1. The number of hydrogen-bond donors (Lipinski definition) is 1. The molecule has 0 amide bonds. The van der Waals surface area contributed by atoms with E-state index in [1.54, 1.807) is 0 Å². The van der Waals surface area contributed by atoms with E-state index in [9.17, 15) is 0 Å². The Hall–Kier alpha value is -1.02. The summed E-state index contributed by atoms with van der Waals surface area (Å²) in [6.07, 6.45) is 1.09. The number of rotatable bonds is 1. The third kappa shape index (κ3) is 1.62. The lowest BCUT2D eigenvalue weighted by Crippen LogP contribution is -2.46. The van der Waals surface area contributed by atoms with Crippen LogP contribution in [0.4, 0.5) is 0 Å². The molecule has 1 heterocycles. The van der Waals surface area contributed by atoms with Gasteiger partial charge in [-0.1, -0.05) is 32.0 Å². The molecular weight excluding hydrogens is 174 g/mol. The van der Waals surface area contributed by atoms with Gasteiger partial charge in [0.15, 0.2) is 0 Å². The van der Waals surface area contributed by atoms with Crippen LogP contribution in [0.5, 0.6) is 5.75 Å². The Morgan fingerprint density at radius 2 is 2.07 bits per heavy atom. The summed E-state index contributed by atoms with van der Waals surface area (Å²) in [5.74, 6) is 1.48. The standard InChI is InChI=1S/C12H17NO/c1-8(2)12-10(13)7-9-5-3-4-6-11(9)14-12/h3-6,8,10,12H,7,13H2,1-2H3/t10-,12+/m0/s1. The van der Waals surface area contributed by atoms with E-state index in [0.717, 1.165) is 12.2 Å². The molecule has 0 saturated heterocycles. The van der Waals surface area contributed by atoms with Crippen molar-refractivity contribution in [1.82, 2.24) is 0 Å². The molecule has 76 valence electrons. The fourth-order valence-electron chi connectivity index (χ4n) is 2.02. The summed E-state index contributed by atoms with van der Waals surface area (Å²) >= 11 is 0. The van der Waals surface area contributed by atoms with E-state index in [-0.39, 0.29) is 12.1 Å². The summed E-state index contributed by atoms with van der Waals surface area (Å²) in [7, 11) is 0. The van der Waals surface area contributed by atoms with Crippen LogP contribution in [0.15, 0.2) is 24.3 Å². The summed E-state index contributed by atoms with van der Waals surface area (Å²) in [6.45, 7) is 4.30. The Kier molecular flexibility index (Phi) is 2.46. The zero-order chi connectivity index (χ0) is 10.1. The Balaban J connectivity index is 2.27. The molecule has 2 nitrogen and oxygen atoms in total. The number of nitrogens with two attached hydrogens (primary N) is 1. The first-order chi connectivity index (χ1) is 6.68. The van der Waals surface area contributed by atoms with E-state index in [4.69, 9.17) is 10.5 Å². The van der Waals surface area contributed by atoms with Crippen LogP contribution in [0.1, 0.15) is 19.4 Å². The molecule has 0 fully saturated rings. The lowest BCUT2D eigenvalue weighted by Gasteiger charge is -2.33. The maximum absolute atomic E-state index is 6.07. The van der Waals surface area contributed by atoms with Crippen LogP contribution in [0.3, 0.4) is 0 Å². The molecule has 0 aliphatic carbocycles. The molecule has 0 radical (unpaired) electrons. The van der Waals surface area contributed by atoms with E-state index in [1.807, 2.05) is 18.2 Å². The average molecular weight is 191 g/mol. The third-order valence-electron chi connectivity index (χ3n) is 2.77. The summed E-state index contributed by atoms with van der Waals surface area (Å²) in [6, 6.07) is 8.28. The first-order valence-electron chi connectivity index (χ1n) is 5.18. The molecule has 2 rings (SSSR count). The van der Waals surface area contributed by atoms with Crippen molar-refractivity contribution in [3.63, 3.8) is 0 Å². The van der Waals surface area contributed by atoms with Crippen molar-refractivity contribution < 1.29 is 4.74 Å². The topological polar surface area (TPSA) is 35.2 Å². The number of fused-ring (bicyclic) bond motifs is 1. The fourth-order valence-corrected chi connectivity index (χ4v) is 2.02. The zero-order valence-corrected chi connectivity index (χ0v) is 8.73. The van der Waals surface area contributed by atoms with E-state index in [0.29, 0.717) is 5.92 Å². The maximum atomic E-state index is 6.07. The molecule has 0 bridgehead atoms. The lowest BCUT2D eigenvalue weighted by molar-refractivity contribution is 0.107. The SMILES string of the molecule is CC(C)[C@H]1Oc2ccccc2C[C@@H]1N. The van der Waals surface area contributed by atoms with Gasteiger partial charge >= 0.3 is 0 Å². The van der Waals surface area contributed by atoms with E-state index in [2.05, 4.69) is 19.9 Å². The van der Waals surface area contributed by atoms with Crippen molar-refractivity contribution in [2.75, 3.05) is 0 Å². The van der Waals surface area contributed by atoms with Crippen molar-refractivity contribution >= 4 is 0 Å². The minimum Gasteiger partial charge on any atom is -0.488 e. The molecule has 1 aromatic rings. The van der Waals surface area contributed by atoms with Crippen LogP contribution in [-0.2, 0) is 6.42 Å². The molecule has 1 aromatic carbocycles. The highest BCUT2D eigenvalue weighted by Crippen LogP contribution is 2.29. The number of ether oxygens (including phenoxy) is 1. The van der Waals surface area contributed by atoms with Crippen molar-refractivity contribution in [2.45, 2.75) is 32.4 Å². The second kappa shape index (κ2) is 3.62. The minimum atomic E-state index is 0.130. The van der Waals surface area contributed by atoms with Crippen molar-refractivity contribution in [3.8, 4) is 5.75 Å². The number of hydrogen-bond acceptors (Lipinski definition) is 2. The van der Waals surface area contributed by atoms with Crippen molar-refractivity contribution in [2.24, 2.45) is 11.7 Å². The van der Waals surface area contributed by atoms with Crippen molar-refractivity contribution in [3.05, 3.63) is 29.8 Å². The Labute approximate surface area is 85.1 Å². The first-order valence-corrected chi connectivity index (χ1v) is 5.18. The van der Waals surface area contributed by atoms with E-state index in [1.165, 1.54) is 5.56 Å². The van der Waals surface area contributed by atoms with Gasteiger partial charge in [0.05, 0.1) is 0 Å². The van der Waals surface area contributed by atoms with Gasteiger partial charge in [0.2, 0.25) is 0 Å².